The molecule has 1 aromatic carbocycles. The summed E-state index contributed by atoms with van der Waals surface area (Å²) in [6.07, 6.45) is -2.95. The van der Waals surface area contributed by atoms with Gasteiger partial charge in [-0.1, -0.05) is 44.2 Å². The number of hydrogen-bond acceptors (Lipinski definition) is 24. The van der Waals surface area contributed by atoms with Gasteiger partial charge < -0.3 is 51.4 Å². The van der Waals surface area contributed by atoms with E-state index in [2.05, 4.69) is 36.6 Å². The molecule has 4 atom stereocenters. The Kier molecular flexibility index (Phi) is 20.0. The van der Waals surface area contributed by atoms with Crippen LogP contribution in [0.3, 0.4) is 0 Å². The fourth-order valence-electron chi connectivity index (χ4n) is 9.46. The van der Waals surface area contributed by atoms with Gasteiger partial charge in [0.2, 0.25) is 11.8 Å². The largest absolute Gasteiger partial charge is 0.481 e. The van der Waals surface area contributed by atoms with Crippen molar-refractivity contribution in [1.29, 1.82) is 0 Å². The van der Waals surface area contributed by atoms with Crippen LogP contribution in [0.4, 0.5) is 10.6 Å². The molecular weight excluding hydrogens is 1270 g/mol. The first-order chi connectivity index (χ1) is 42.7. The van der Waals surface area contributed by atoms with Crippen molar-refractivity contribution in [2.45, 2.75) is 89.8 Å². The average molecular weight is 1320 g/mol. The predicted octanol–water partition coefficient (Wildman–Crippen LogP) is 7.98. The number of carboxylic acids is 2. The van der Waals surface area contributed by atoms with E-state index in [-0.39, 0.29) is 84.8 Å². The summed E-state index contributed by atoms with van der Waals surface area (Å²) in [5.74, 6) is -5.85. The SMILES string of the molecule is CNC(=O)C[C@@H]1NC(=O)c2csc(n2)-c2ccc(-c3nc(N(CCCC(=O)O)C(=O)OC4CC(C(=O)O)C4)cs3)nc2-c2csc(n2)-c2csc(n2)[C@H]([C@@H](O)c2ccccc2)NC(=O)CNC(=O)c2nc(sc2COC)C(C(C)C)NC(=O)c2nc1sc2C. The van der Waals surface area contributed by atoms with Crippen LogP contribution in [0, 0.1) is 18.8 Å². The number of carbonyl (C=O) groups excluding carboxylic acids is 6. The van der Waals surface area contributed by atoms with E-state index < -0.39 is 90.4 Å². The lowest BCUT2D eigenvalue weighted by molar-refractivity contribution is -0.148. The van der Waals surface area contributed by atoms with E-state index in [0.717, 1.165) is 56.7 Å². The minimum Gasteiger partial charge on any atom is -0.481 e. The normalized spacial score (nSPS) is 18.3. The van der Waals surface area contributed by atoms with E-state index in [1.807, 2.05) is 13.8 Å². The van der Waals surface area contributed by atoms with Crippen molar-refractivity contribution in [3.8, 4) is 43.4 Å². The van der Waals surface area contributed by atoms with Gasteiger partial charge in [-0.25, -0.2) is 39.7 Å². The van der Waals surface area contributed by atoms with Crippen LogP contribution in [-0.2, 0) is 35.3 Å². The van der Waals surface area contributed by atoms with Crippen molar-refractivity contribution >= 4 is 121 Å². The minimum atomic E-state index is -1.31. The average Bonchev–Trinajstić information content (AvgIpc) is 2.74. The van der Waals surface area contributed by atoms with Crippen molar-refractivity contribution in [1.82, 2.24) is 61.5 Å². The zero-order valence-electron chi connectivity index (χ0n) is 48.0. The Bertz CT molecular complexity index is 3960. The van der Waals surface area contributed by atoms with Crippen molar-refractivity contribution in [3.63, 3.8) is 0 Å². The fraction of sp³-hybridized carbons (Fsp3) is 0.351. The summed E-state index contributed by atoms with van der Waals surface area (Å²) >= 11 is 6.92. The Balaban J connectivity index is 1.04. The van der Waals surface area contributed by atoms with Gasteiger partial charge in [-0.05, 0) is 49.8 Å². The lowest BCUT2D eigenvalue weighted by Gasteiger charge is -2.33. The summed E-state index contributed by atoms with van der Waals surface area (Å²) in [7, 11) is 2.91. The Morgan fingerprint density at radius 2 is 1.43 bits per heavy atom. The lowest BCUT2D eigenvalue weighted by atomic mass is 9.82. The molecule has 6 amide bonds. The van der Waals surface area contributed by atoms with Crippen LogP contribution < -0.4 is 31.5 Å². The number of aliphatic carboxylic acids is 2. The molecule has 0 radical (unpaired) electrons. The Labute approximate surface area is 531 Å². The van der Waals surface area contributed by atoms with Gasteiger partial charge in [0, 0.05) is 59.1 Å². The number of methoxy groups -OCH3 is 1. The molecule has 1 saturated carbocycles. The number of carboxylic acid groups (broad SMARTS) is 2. The number of nitrogens with one attached hydrogen (secondary N) is 5. The highest BCUT2D eigenvalue weighted by Crippen LogP contribution is 2.41. The molecular formula is C57H57N13O13S6. The second-order valence-electron chi connectivity index (χ2n) is 20.8. The van der Waals surface area contributed by atoms with Gasteiger partial charge in [-0.15, -0.1) is 68.0 Å². The molecule has 0 spiro atoms. The number of aryl methyl sites for hydroxylation is 1. The monoisotopic (exact) mass is 1320 g/mol. The van der Waals surface area contributed by atoms with Crippen molar-refractivity contribution in [2.24, 2.45) is 11.8 Å². The van der Waals surface area contributed by atoms with E-state index >= 15 is 0 Å². The number of thiazole rings is 6. The van der Waals surface area contributed by atoms with Crippen LogP contribution >= 0.6 is 68.0 Å². The van der Waals surface area contributed by atoms with Crippen molar-refractivity contribution in [2.75, 3.05) is 32.1 Å². The van der Waals surface area contributed by atoms with Gasteiger partial charge in [0.1, 0.15) is 88.3 Å². The van der Waals surface area contributed by atoms with Crippen LogP contribution in [0.1, 0.15) is 132 Å². The maximum atomic E-state index is 14.4. The summed E-state index contributed by atoms with van der Waals surface area (Å²) in [5.41, 5.74) is 2.24. The third-order valence-corrected chi connectivity index (χ3v) is 19.9. The second kappa shape index (κ2) is 28.0. The number of ether oxygens (including phenoxy) is 2. The van der Waals surface area contributed by atoms with Gasteiger partial charge >= 0.3 is 18.0 Å². The molecule has 10 bridgehead atoms. The Morgan fingerprint density at radius 3 is 2.16 bits per heavy atom. The molecule has 32 heteroatoms. The maximum Gasteiger partial charge on any atom is 0.415 e. The molecule has 7 aromatic heterocycles. The van der Waals surface area contributed by atoms with E-state index in [0.29, 0.717) is 63.0 Å². The summed E-state index contributed by atoms with van der Waals surface area (Å²) in [4.78, 5) is 142. The molecule has 1 unspecified atom stereocenters. The van der Waals surface area contributed by atoms with Crippen molar-refractivity contribution in [3.05, 3.63) is 111 Å². The number of benzene rings is 1. The molecule has 1 fully saturated rings. The summed E-state index contributed by atoms with van der Waals surface area (Å²) in [6, 6.07) is 9.18. The zero-order valence-corrected chi connectivity index (χ0v) is 52.9. The number of nitrogens with zero attached hydrogens (tertiary/aromatic N) is 8. The maximum absolute atomic E-state index is 14.4. The number of anilines is 1. The molecule has 464 valence electrons. The molecule has 1 aliphatic carbocycles. The Hall–Kier alpha value is -8.37. The third kappa shape index (κ3) is 14.7. The number of rotatable bonds is 15. The highest BCUT2D eigenvalue weighted by Gasteiger charge is 2.39. The minimum absolute atomic E-state index is 0.0158. The number of pyridine rings is 1. The van der Waals surface area contributed by atoms with Gasteiger partial charge in [0.25, 0.3) is 17.7 Å². The molecule has 89 heavy (non-hydrogen) atoms. The van der Waals surface area contributed by atoms with Gasteiger partial charge in [0.05, 0.1) is 48.1 Å². The van der Waals surface area contributed by atoms with Crippen LogP contribution in [-0.4, -0.2) is 131 Å². The number of carbonyl (C=O) groups is 8. The quantitative estimate of drug-likeness (QED) is 0.0482. The molecule has 2 aliphatic rings. The summed E-state index contributed by atoms with van der Waals surface area (Å²) in [5, 5.41) is 53.4. The Morgan fingerprint density at radius 1 is 0.719 bits per heavy atom. The standard InChI is InChI=1S/C57H57N13O13S6/c1-25(2)41-55-69-44(36(89-55)20-82-5)48(77)59-19-39(72)66-45(46(75)27-10-7-6-8-11-27)54-64-35(23-86-54)52-62-33(21-85-52)43-30(50-63-34(22-84-50)47(76)61-32(18-38(71)58-4)53-68-42(26(3)88-53)49(78)67-41)13-14-31(60-43)51-65-37(24-87-51)70(15-9-12-40(73)74)57(81)83-29-16-28(17-29)56(79)80/h6-8,10-11,13-14,21-25,28-29,32,41,45-46,75H,9,12,15-20H2,1-5H3,(H,58,71)(H,59,77)(H,61,76)(H,66,72)(H,67,78)(H,73,74)(H,79,80)/t28?,29?,32-,41?,45-,46-/m0/s1. The molecule has 10 rings (SSSR count). The summed E-state index contributed by atoms with van der Waals surface area (Å²) < 4.78 is 11.1. The molecule has 1 aliphatic heterocycles. The molecule has 8 heterocycles. The van der Waals surface area contributed by atoms with E-state index in [1.54, 1.807) is 70.9 Å². The van der Waals surface area contributed by atoms with Crippen molar-refractivity contribution < 1.29 is 63.1 Å². The van der Waals surface area contributed by atoms with E-state index in [4.69, 9.17) is 34.4 Å². The van der Waals surface area contributed by atoms with E-state index in [9.17, 15) is 53.7 Å². The number of hydrogen-bond donors (Lipinski definition) is 8. The first-order valence-electron chi connectivity index (χ1n) is 27.6. The number of aliphatic hydroxyl groups excluding tert-OH is 1. The van der Waals surface area contributed by atoms with Crippen LogP contribution in [0.5, 0.6) is 0 Å². The number of fused-ring (bicyclic) bond motifs is 14. The predicted molar refractivity (Wildman–Crippen MR) is 332 cm³/mol. The van der Waals surface area contributed by atoms with Crippen LogP contribution in [0.2, 0.25) is 0 Å². The lowest BCUT2D eigenvalue weighted by Crippen LogP contribution is -2.42. The fourth-order valence-corrected chi connectivity index (χ4v) is 15.0. The second-order valence-corrected chi connectivity index (χ2v) is 26.6. The smallest absolute Gasteiger partial charge is 0.415 e. The number of aliphatic hydroxyl groups is 1. The zero-order chi connectivity index (χ0) is 63.2. The molecule has 26 nitrogen and oxygen atoms in total. The summed E-state index contributed by atoms with van der Waals surface area (Å²) in [6.45, 7) is 4.80. The van der Waals surface area contributed by atoms with Crippen LogP contribution in [0.25, 0.3) is 43.4 Å². The van der Waals surface area contributed by atoms with E-state index in [1.165, 1.54) is 30.4 Å². The van der Waals surface area contributed by atoms with Gasteiger partial charge in [0.15, 0.2) is 0 Å². The molecule has 8 N–H and O–H groups in total. The molecule has 0 saturated heterocycles. The van der Waals surface area contributed by atoms with Gasteiger partial charge in [-0.3, -0.25) is 38.5 Å². The first-order valence-corrected chi connectivity index (χ1v) is 32.8. The first kappa shape index (κ1) is 63.6. The third-order valence-electron chi connectivity index (χ3n) is 14.2. The van der Waals surface area contributed by atoms with Gasteiger partial charge in [-0.2, -0.15) is 0 Å². The highest BCUT2D eigenvalue weighted by molar-refractivity contribution is 7.15. The van der Waals surface area contributed by atoms with Crippen LogP contribution in [0.15, 0.2) is 64.0 Å². The number of aromatic nitrogens is 7. The topological polar surface area (TPSA) is 369 Å². The highest BCUT2D eigenvalue weighted by atomic mass is 32.1. The number of amides is 6. The molecule has 8 aromatic rings.